The Morgan fingerprint density at radius 1 is 0.567 bits per heavy atom. The Kier molecular flexibility index (Phi) is 13.7. The molecule has 0 radical (unpaired) electrons. The maximum atomic E-state index is 2.60. The minimum Gasteiger partial charge on any atom is -0.295 e. The summed E-state index contributed by atoms with van der Waals surface area (Å²) >= 11 is 0. The van der Waals surface area contributed by atoms with Gasteiger partial charge in [-0.25, -0.2) is 0 Å². The maximum Gasteiger partial charge on any atom is 0.0237 e. The summed E-state index contributed by atoms with van der Waals surface area (Å²) in [5, 5.41) is 0. The van der Waals surface area contributed by atoms with Crippen LogP contribution in [-0.4, -0.2) is 11.4 Å². The van der Waals surface area contributed by atoms with Crippen molar-refractivity contribution in [2.45, 2.75) is 90.6 Å². The summed E-state index contributed by atoms with van der Waals surface area (Å²) in [5.41, 5.74) is 2.82. The molecule has 1 nitrogen and oxygen atoms in total. The second kappa shape index (κ2) is 16.9. The third-order valence-corrected chi connectivity index (χ3v) is 5.73. The van der Waals surface area contributed by atoms with Crippen LogP contribution in [0.4, 0.5) is 0 Å². The second-order valence-corrected chi connectivity index (χ2v) is 8.56. The van der Waals surface area contributed by atoms with Crippen molar-refractivity contribution in [3.63, 3.8) is 0 Å². The van der Waals surface area contributed by atoms with Crippen LogP contribution in [0, 0.1) is 0 Å². The lowest BCUT2D eigenvalue weighted by molar-refractivity contribution is 0.250. The van der Waals surface area contributed by atoms with E-state index in [0.29, 0.717) is 0 Å². The molecule has 0 aliphatic rings. The molecule has 0 saturated carbocycles. The van der Waals surface area contributed by atoms with Gasteiger partial charge < -0.3 is 0 Å². The van der Waals surface area contributed by atoms with E-state index in [1.807, 2.05) is 0 Å². The highest BCUT2D eigenvalue weighted by Crippen LogP contribution is 2.13. The van der Waals surface area contributed by atoms with E-state index in [0.717, 1.165) is 13.1 Å². The molecule has 0 N–H and O–H groups in total. The summed E-state index contributed by atoms with van der Waals surface area (Å²) in [5.74, 6) is 0. The van der Waals surface area contributed by atoms with Gasteiger partial charge in [-0.2, -0.15) is 0 Å². The van der Waals surface area contributed by atoms with Crippen LogP contribution in [0.25, 0.3) is 0 Å². The van der Waals surface area contributed by atoms with E-state index < -0.39 is 0 Å². The van der Waals surface area contributed by atoms with Crippen molar-refractivity contribution < 1.29 is 0 Å². The number of hydrogen-bond donors (Lipinski definition) is 0. The Hall–Kier alpha value is -1.86. The summed E-state index contributed by atoms with van der Waals surface area (Å²) in [4.78, 5) is 2.60. The first-order valence-electron chi connectivity index (χ1n) is 12.3. The SMILES string of the molecule is CCCCCCCC/C=C/CCCCCN(Cc1ccccc1)Cc1ccccc1. The summed E-state index contributed by atoms with van der Waals surface area (Å²) in [6.45, 7) is 5.53. The average molecular weight is 406 g/mol. The van der Waals surface area contributed by atoms with Crippen LogP contribution in [0.3, 0.4) is 0 Å². The summed E-state index contributed by atoms with van der Waals surface area (Å²) in [6.07, 6.45) is 19.6. The molecule has 164 valence electrons. The fourth-order valence-electron chi connectivity index (χ4n) is 3.95. The Morgan fingerprint density at radius 3 is 1.57 bits per heavy atom. The van der Waals surface area contributed by atoms with Crippen molar-refractivity contribution in [2.24, 2.45) is 0 Å². The molecular weight excluding hydrogens is 362 g/mol. The Bertz CT molecular complexity index is 605. The zero-order valence-electron chi connectivity index (χ0n) is 19.3. The zero-order valence-corrected chi connectivity index (χ0v) is 19.3. The van der Waals surface area contributed by atoms with Gasteiger partial charge in [-0.3, -0.25) is 4.90 Å². The van der Waals surface area contributed by atoms with Gasteiger partial charge in [0, 0.05) is 13.1 Å². The van der Waals surface area contributed by atoms with Gasteiger partial charge in [0.15, 0.2) is 0 Å². The first-order chi connectivity index (χ1) is 14.9. The first kappa shape index (κ1) is 24.4. The van der Waals surface area contributed by atoms with Crippen LogP contribution in [0.1, 0.15) is 88.7 Å². The van der Waals surface area contributed by atoms with Gasteiger partial charge in [-0.1, -0.05) is 118 Å². The molecule has 0 fully saturated rings. The normalized spacial score (nSPS) is 11.5. The van der Waals surface area contributed by atoms with Gasteiger partial charge in [0.25, 0.3) is 0 Å². The van der Waals surface area contributed by atoms with Crippen molar-refractivity contribution in [1.29, 1.82) is 0 Å². The van der Waals surface area contributed by atoms with E-state index in [1.54, 1.807) is 0 Å². The molecule has 1 heteroatoms. The van der Waals surface area contributed by atoms with Crippen LogP contribution < -0.4 is 0 Å². The van der Waals surface area contributed by atoms with Crippen molar-refractivity contribution in [1.82, 2.24) is 4.90 Å². The van der Waals surface area contributed by atoms with Gasteiger partial charge in [0.1, 0.15) is 0 Å². The van der Waals surface area contributed by atoms with Crippen molar-refractivity contribution in [2.75, 3.05) is 6.54 Å². The molecule has 0 unspecified atom stereocenters. The Morgan fingerprint density at radius 2 is 1.03 bits per heavy atom. The first-order valence-corrected chi connectivity index (χ1v) is 12.3. The molecule has 0 spiro atoms. The van der Waals surface area contributed by atoms with E-state index in [-0.39, 0.29) is 0 Å². The molecule has 2 aromatic carbocycles. The summed E-state index contributed by atoms with van der Waals surface area (Å²) in [7, 11) is 0. The lowest BCUT2D eigenvalue weighted by Gasteiger charge is -2.22. The molecule has 0 atom stereocenters. The molecule has 0 saturated heterocycles. The molecular formula is C29H43N. The Labute approximate surface area is 186 Å². The molecule has 0 aliphatic heterocycles. The van der Waals surface area contributed by atoms with Gasteiger partial charge >= 0.3 is 0 Å². The van der Waals surface area contributed by atoms with Crippen LogP contribution in [0.5, 0.6) is 0 Å². The van der Waals surface area contributed by atoms with E-state index in [9.17, 15) is 0 Å². The molecule has 30 heavy (non-hydrogen) atoms. The van der Waals surface area contributed by atoms with Crippen LogP contribution in [-0.2, 0) is 13.1 Å². The van der Waals surface area contributed by atoms with E-state index in [4.69, 9.17) is 0 Å². The molecule has 0 aliphatic carbocycles. The highest BCUT2D eigenvalue weighted by molar-refractivity contribution is 5.17. The quantitative estimate of drug-likeness (QED) is 0.188. The third-order valence-electron chi connectivity index (χ3n) is 5.73. The van der Waals surface area contributed by atoms with Crippen LogP contribution in [0.15, 0.2) is 72.8 Å². The predicted molar refractivity (Wildman–Crippen MR) is 133 cm³/mol. The Balaban J connectivity index is 1.60. The number of allylic oxidation sites excluding steroid dienone is 2. The van der Waals surface area contributed by atoms with Crippen LogP contribution in [0.2, 0.25) is 0 Å². The molecule has 2 rings (SSSR count). The minimum absolute atomic E-state index is 1.04. The molecule has 0 amide bonds. The molecule has 0 aromatic heterocycles. The number of nitrogens with zero attached hydrogens (tertiary/aromatic N) is 1. The second-order valence-electron chi connectivity index (χ2n) is 8.56. The fraction of sp³-hybridized carbons (Fsp3) is 0.517. The van der Waals surface area contributed by atoms with Crippen molar-refractivity contribution >= 4 is 0 Å². The largest absolute Gasteiger partial charge is 0.295 e. The number of unbranched alkanes of at least 4 members (excludes halogenated alkanes) is 9. The van der Waals surface area contributed by atoms with E-state index in [1.165, 1.54) is 88.3 Å². The molecule has 0 bridgehead atoms. The highest BCUT2D eigenvalue weighted by atomic mass is 15.1. The summed E-state index contributed by atoms with van der Waals surface area (Å²) in [6, 6.07) is 21.8. The van der Waals surface area contributed by atoms with Crippen molar-refractivity contribution in [3.05, 3.63) is 83.9 Å². The summed E-state index contributed by atoms with van der Waals surface area (Å²) < 4.78 is 0. The number of hydrogen-bond acceptors (Lipinski definition) is 1. The molecule has 2 aromatic rings. The molecule has 0 heterocycles. The number of rotatable bonds is 17. The van der Waals surface area contributed by atoms with Crippen LogP contribution >= 0.6 is 0 Å². The smallest absolute Gasteiger partial charge is 0.0237 e. The monoisotopic (exact) mass is 405 g/mol. The van der Waals surface area contributed by atoms with Gasteiger partial charge in [0.05, 0.1) is 0 Å². The highest BCUT2D eigenvalue weighted by Gasteiger charge is 2.07. The predicted octanol–water partition coefficient (Wildman–Crippen LogP) is 8.56. The fourth-order valence-corrected chi connectivity index (χ4v) is 3.95. The zero-order chi connectivity index (χ0) is 21.1. The lowest BCUT2D eigenvalue weighted by Crippen LogP contribution is -2.24. The average Bonchev–Trinajstić information content (AvgIpc) is 2.78. The number of benzene rings is 2. The minimum atomic E-state index is 1.04. The standard InChI is InChI=1S/C29H43N/c1-2-3-4-5-6-7-8-9-10-11-12-13-20-25-30(26-28-21-16-14-17-22-28)27-29-23-18-15-19-24-29/h9-10,14-19,21-24H,2-8,11-13,20,25-27H2,1H3/b10-9+. The van der Waals surface area contributed by atoms with E-state index in [2.05, 4.69) is 84.6 Å². The van der Waals surface area contributed by atoms with Gasteiger partial charge in [-0.05, 0) is 49.8 Å². The van der Waals surface area contributed by atoms with E-state index >= 15 is 0 Å². The third kappa shape index (κ3) is 12.0. The van der Waals surface area contributed by atoms with Crippen molar-refractivity contribution in [3.8, 4) is 0 Å². The van der Waals surface area contributed by atoms with Gasteiger partial charge in [-0.15, -0.1) is 0 Å². The maximum absolute atomic E-state index is 2.60. The topological polar surface area (TPSA) is 3.24 Å². The lowest BCUT2D eigenvalue weighted by atomic mass is 10.1. The van der Waals surface area contributed by atoms with Gasteiger partial charge in [0.2, 0.25) is 0 Å².